The number of hydrogen-bond donors (Lipinski definition) is 0. The van der Waals surface area contributed by atoms with Crippen LogP contribution >= 0.6 is 11.3 Å². The fourth-order valence-electron chi connectivity index (χ4n) is 1.98. The van der Waals surface area contributed by atoms with Gasteiger partial charge in [-0.05, 0) is 31.0 Å². The van der Waals surface area contributed by atoms with Crippen LogP contribution in [0.25, 0.3) is 0 Å². The van der Waals surface area contributed by atoms with Gasteiger partial charge in [0.15, 0.2) is 5.78 Å². The fourth-order valence-corrected chi connectivity index (χ4v) is 3.03. The lowest BCUT2D eigenvalue weighted by atomic mass is 9.95. The lowest BCUT2D eigenvalue weighted by Gasteiger charge is -2.10. The van der Waals surface area contributed by atoms with Gasteiger partial charge in [0.25, 0.3) is 0 Å². The molecular weight excluding hydrogens is 228 g/mol. The minimum absolute atomic E-state index is 0.0621. The fraction of sp³-hybridized carbons (Fsp3) is 0.267. The van der Waals surface area contributed by atoms with Crippen LogP contribution in [0.2, 0.25) is 0 Å². The summed E-state index contributed by atoms with van der Waals surface area (Å²) in [5, 5.41) is 0. The average Bonchev–Trinajstić information content (AvgIpc) is 2.68. The van der Waals surface area contributed by atoms with Crippen molar-refractivity contribution in [3.05, 3.63) is 57.3 Å². The second kappa shape index (κ2) is 4.84. The largest absolute Gasteiger partial charge is 0.293 e. The maximum Gasteiger partial charge on any atom is 0.180 e. The van der Waals surface area contributed by atoms with Gasteiger partial charge in [-0.3, -0.25) is 4.79 Å². The molecular formula is C15H16OS. The van der Waals surface area contributed by atoms with Crippen molar-refractivity contribution in [2.45, 2.75) is 26.7 Å². The number of ketones is 1. The molecule has 88 valence electrons. The molecule has 0 aliphatic carbocycles. The van der Waals surface area contributed by atoms with Crippen LogP contribution in [0, 0.1) is 13.8 Å². The minimum atomic E-state index is -0.0621. The van der Waals surface area contributed by atoms with Crippen molar-refractivity contribution in [1.82, 2.24) is 0 Å². The van der Waals surface area contributed by atoms with E-state index in [0.29, 0.717) is 0 Å². The van der Waals surface area contributed by atoms with Crippen molar-refractivity contribution in [2.75, 3.05) is 0 Å². The molecule has 1 nitrogen and oxygen atoms in total. The Labute approximate surface area is 106 Å². The first-order chi connectivity index (χ1) is 8.09. The zero-order valence-electron chi connectivity index (χ0n) is 10.4. The molecule has 0 bridgehead atoms. The van der Waals surface area contributed by atoms with E-state index in [9.17, 15) is 4.79 Å². The third kappa shape index (κ3) is 2.47. The quantitative estimate of drug-likeness (QED) is 0.733. The van der Waals surface area contributed by atoms with Gasteiger partial charge in [-0.25, -0.2) is 0 Å². The van der Waals surface area contributed by atoms with Gasteiger partial charge in [0, 0.05) is 10.8 Å². The van der Waals surface area contributed by atoms with Gasteiger partial charge in [0.1, 0.15) is 0 Å². The van der Waals surface area contributed by atoms with Crippen molar-refractivity contribution < 1.29 is 4.79 Å². The summed E-state index contributed by atoms with van der Waals surface area (Å²) in [6.07, 6.45) is 0. The number of rotatable bonds is 3. The van der Waals surface area contributed by atoms with E-state index in [-0.39, 0.29) is 11.7 Å². The molecule has 0 N–H and O–H groups in total. The Balaban J connectivity index is 2.30. The van der Waals surface area contributed by atoms with E-state index < -0.39 is 0 Å². The van der Waals surface area contributed by atoms with Crippen LogP contribution in [0.1, 0.15) is 38.5 Å². The third-order valence-corrected chi connectivity index (χ3v) is 4.12. The minimum Gasteiger partial charge on any atom is -0.293 e. The van der Waals surface area contributed by atoms with E-state index in [1.165, 1.54) is 4.88 Å². The molecule has 17 heavy (non-hydrogen) atoms. The lowest BCUT2D eigenvalue weighted by Crippen LogP contribution is -2.08. The molecule has 0 saturated heterocycles. The summed E-state index contributed by atoms with van der Waals surface area (Å²) >= 11 is 1.60. The van der Waals surface area contributed by atoms with Crippen molar-refractivity contribution in [3.63, 3.8) is 0 Å². The summed E-state index contributed by atoms with van der Waals surface area (Å²) in [6.45, 7) is 6.03. The predicted octanol–water partition coefficient (Wildman–Crippen LogP) is 4.35. The van der Waals surface area contributed by atoms with Crippen LogP contribution in [0.3, 0.4) is 0 Å². The zero-order valence-corrected chi connectivity index (χ0v) is 11.2. The molecule has 0 fully saturated rings. The first-order valence-electron chi connectivity index (χ1n) is 5.76. The molecule has 0 amide bonds. The van der Waals surface area contributed by atoms with E-state index in [4.69, 9.17) is 0 Å². The summed E-state index contributed by atoms with van der Waals surface area (Å²) in [5.41, 5.74) is 2.18. The number of benzene rings is 1. The van der Waals surface area contributed by atoms with Crippen LogP contribution in [0.5, 0.6) is 0 Å². The molecule has 1 atom stereocenters. The smallest absolute Gasteiger partial charge is 0.180 e. The van der Waals surface area contributed by atoms with Gasteiger partial charge in [-0.2, -0.15) is 0 Å². The van der Waals surface area contributed by atoms with Crippen LogP contribution in [0.4, 0.5) is 0 Å². The summed E-state index contributed by atoms with van der Waals surface area (Å²) in [6, 6.07) is 12.0. The van der Waals surface area contributed by atoms with Crippen LogP contribution in [-0.2, 0) is 0 Å². The highest BCUT2D eigenvalue weighted by molar-refractivity contribution is 7.14. The Kier molecular flexibility index (Phi) is 3.43. The number of carbonyl (C=O) groups is 1. The molecule has 2 rings (SSSR count). The number of thiophene rings is 1. The summed E-state index contributed by atoms with van der Waals surface area (Å²) < 4.78 is 0. The maximum absolute atomic E-state index is 12.4. The average molecular weight is 244 g/mol. The van der Waals surface area contributed by atoms with E-state index in [0.717, 1.165) is 16.0 Å². The highest BCUT2D eigenvalue weighted by Crippen LogP contribution is 2.27. The Hall–Kier alpha value is -1.41. The number of Topliss-reactive ketones (excluding diaryl/α,β-unsaturated/α-hetero) is 1. The molecule has 0 radical (unpaired) electrons. The Morgan fingerprint density at radius 3 is 2.35 bits per heavy atom. The van der Waals surface area contributed by atoms with Gasteiger partial charge in [0.05, 0.1) is 4.88 Å². The Morgan fingerprint density at radius 1 is 1.18 bits per heavy atom. The summed E-state index contributed by atoms with van der Waals surface area (Å²) in [7, 11) is 0. The van der Waals surface area contributed by atoms with E-state index >= 15 is 0 Å². The van der Waals surface area contributed by atoms with Crippen LogP contribution in [0.15, 0.2) is 36.4 Å². The van der Waals surface area contributed by atoms with E-state index in [1.807, 2.05) is 51.1 Å². The highest BCUT2D eigenvalue weighted by Gasteiger charge is 2.20. The normalized spacial score (nSPS) is 12.4. The second-order valence-electron chi connectivity index (χ2n) is 4.37. The van der Waals surface area contributed by atoms with Crippen molar-refractivity contribution in [1.29, 1.82) is 0 Å². The summed E-state index contributed by atoms with van der Waals surface area (Å²) in [4.78, 5) is 14.5. The number of hydrogen-bond acceptors (Lipinski definition) is 2. The van der Waals surface area contributed by atoms with Crippen molar-refractivity contribution in [2.24, 2.45) is 0 Å². The monoisotopic (exact) mass is 244 g/mol. The molecule has 1 aromatic carbocycles. The molecule has 0 saturated carbocycles. The molecule has 0 spiro atoms. The summed E-state index contributed by atoms with van der Waals surface area (Å²) in [5.74, 6) is 0.166. The molecule has 0 aliphatic rings. The topological polar surface area (TPSA) is 17.1 Å². The zero-order chi connectivity index (χ0) is 12.4. The standard InChI is InChI=1S/C15H16OS/c1-10-9-11(2)17-15(10)14(16)12(3)13-7-5-4-6-8-13/h4-9,12H,1-3H3. The lowest BCUT2D eigenvalue weighted by molar-refractivity contribution is 0.0969. The maximum atomic E-state index is 12.4. The predicted molar refractivity (Wildman–Crippen MR) is 73.0 cm³/mol. The Morgan fingerprint density at radius 2 is 1.82 bits per heavy atom. The van der Waals surface area contributed by atoms with Crippen molar-refractivity contribution >= 4 is 17.1 Å². The highest BCUT2D eigenvalue weighted by atomic mass is 32.1. The first kappa shape index (κ1) is 12.1. The van der Waals surface area contributed by atoms with Gasteiger partial charge in [-0.15, -0.1) is 11.3 Å². The van der Waals surface area contributed by atoms with Crippen LogP contribution in [-0.4, -0.2) is 5.78 Å². The van der Waals surface area contributed by atoms with E-state index in [2.05, 4.69) is 6.07 Å². The van der Waals surface area contributed by atoms with E-state index in [1.54, 1.807) is 11.3 Å². The first-order valence-corrected chi connectivity index (χ1v) is 6.57. The SMILES string of the molecule is Cc1cc(C)c(C(=O)C(C)c2ccccc2)s1. The Bertz CT molecular complexity index is 525. The van der Waals surface area contributed by atoms with Gasteiger partial charge in [-0.1, -0.05) is 37.3 Å². The molecule has 0 aliphatic heterocycles. The van der Waals surface area contributed by atoms with Gasteiger partial charge >= 0.3 is 0 Å². The number of carbonyl (C=O) groups excluding carboxylic acids is 1. The molecule has 1 aromatic heterocycles. The van der Waals surface area contributed by atoms with Crippen LogP contribution < -0.4 is 0 Å². The van der Waals surface area contributed by atoms with Gasteiger partial charge < -0.3 is 0 Å². The second-order valence-corrected chi connectivity index (χ2v) is 5.62. The molecule has 1 heterocycles. The molecule has 2 aromatic rings. The molecule has 1 unspecified atom stereocenters. The number of aryl methyl sites for hydroxylation is 2. The van der Waals surface area contributed by atoms with Gasteiger partial charge in [0.2, 0.25) is 0 Å². The van der Waals surface area contributed by atoms with Crippen molar-refractivity contribution in [3.8, 4) is 0 Å². The third-order valence-electron chi connectivity index (χ3n) is 2.96. The molecule has 2 heteroatoms.